The molecule has 7 nitrogen and oxygen atoms in total. The molecule has 0 aliphatic rings. The lowest BCUT2D eigenvalue weighted by atomic mass is 10.1. The number of nitriles is 1. The molecule has 0 heterocycles. The maximum absolute atomic E-state index is 12.6. The fraction of sp³-hybridized carbons (Fsp3) is 0.115. The molecule has 178 valence electrons. The van der Waals surface area contributed by atoms with E-state index in [2.05, 4.69) is 5.32 Å². The predicted molar refractivity (Wildman–Crippen MR) is 134 cm³/mol. The Morgan fingerprint density at radius 3 is 2.46 bits per heavy atom. The van der Waals surface area contributed by atoms with E-state index in [1.54, 1.807) is 48.5 Å². The van der Waals surface area contributed by atoms with Gasteiger partial charge in [0.2, 0.25) is 0 Å². The van der Waals surface area contributed by atoms with Gasteiger partial charge in [0.05, 0.1) is 27.9 Å². The quantitative estimate of drug-likeness (QED) is 0.261. The van der Waals surface area contributed by atoms with Crippen LogP contribution in [0.2, 0.25) is 10.0 Å². The first-order valence-corrected chi connectivity index (χ1v) is 11.2. The van der Waals surface area contributed by atoms with Crippen molar-refractivity contribution in [2.45, 2.75) is 13.5 Å². The van der Waals surface area contributed by atoms with Gasteiger partial charge in [0.1, 0.15) is 18.2 Å². The number of hydrogen-bond donors (Lipinski definition) is 2. The van der Waals surface area contributed by atoms with Gasteiger partial charge in [0.15, 0.2) is 11.5 Å². The van der Waals surface area contributed by atoms with E-state index >= 15 is 0 Å². The minimum atomic E-state index is -0.999. The molecule has 0 aromatic heterocycles. The number of carboxylic acids is 1. The number of ether oxygens (including phenoxy) is 2. The molecule has 3 rings (SSSR count). The van der Waals surface area contributed by atoms with Crippen molar-refractivity contribution in [1.29, 1.82) is 5.26 Å². The van der Waals surface area contributed by atoms with E-state index in [0.29, 0.717) is 29.4 Å². The summed E-state index contributed by atoms with van der Waals surface area (Å²) in [4.78, 5) is 23.6. The zero-order valence-electron chi connectivity index (χ0n) is 18.5. The van der Waals surface area contributed by atoms with Crippen LogP contribution in [0, 0.1) is 11.3 Å². The van der Waals surface area contributed by atoms with Gasteiger partial charge in [-0.15, -0.1) is 0 Å². The number of halogens is 2. The molecule has 3 aromatic rings. The number of carboxylic acid groups (broad SMARTS) is 1. The monoisotopic (exact) mass is 510 g/mol. The van der Waals surface area contributed by atoms with Crippen LogP contribution in [0.1, 0.15) is 28.4 Å². The van der Waals surface area contributed by atoms with Crippen LogP contribution in [-0.4, -0.2) is 23.6 Å². The summed E-state index contributed by atoms with van der Waals surface area (Å²) >= 11 is 12.1. The Hall–Kier alpha value is -3.99. The lowest BCUT2D eigenvalue weighted by Crippen LogP contribution is -2.13. The maximum atomic E-state index is 12.6. The Morgan fingerprint density at radius 2 is 1.80 bits per heavy atom. The second-order valence-corrected chi connectivity index (χ2v) is 7.94. The first kappa shape index (κ1) is 25.6. The fourth-order valence-electron chi connectivity index (χ4n) is 3.01. The summed E-state index contributed by atoms with van der Waals surface area (Å²) < 4.78 is 11.5. The molecule has 0 atom stereocenters. The number of carbonyl (C=O) groups is 2. The van der Waals surface area contributed by atoms with Crippen LogP contribution < -0.4 is 14.8 Å². The molecule has 0 saturated heterocycles. The molecule has 0 radical (unpaired) electrons. The zero-order chi connectivity index (χ0) is 25.4. The minimum absolute atomic E-state index is 0.143. The van der Waals surface area contributed by atoms with Crippen molar-refractivity contribution in [2.24, 2.45) is 0 Å². The number of nitrogens with zero attached hydrogens (tertiary/aromatic N) is 1. The van der Waals surface area contributed by atoms with Crippen molar-refractivity contribution in [3.05, 3.63) is 93.0 Å². The van der Waals surface area contributed by atoms with Gasteiger partial charge in [0, 0.05) is 0 Å². The number of benzene rings is 3. The van der Waals surface area contributed by atoms with Gasteiger partial charge in [-0.2, -0.15) is 5.26 Å². The number of hydrogen-bond acceptors (Lipinski definition) is 5. The zero-order valence-corrected chi connectivity index (χ0v) is 20.1. The van der Waals surface area contributed by atoms with Crippen LogP contribution in [-0.2, 0) is 11.4 Å². The third kappa shape index (κ3) is 6.76. The van der Waals surface area contributed by atoms with E-state index in [9.17, 15) is 14.9 Å². The molecule has 0 unspecified atom stereocenters. The third-order valence-corrected chi connectivity index (χ3v) is 5.56. The normalized spacial score (nSPS) is 10.9. The van der Waals surface area contributed by atoms with Crippen LogP contribution in [0.15, 0.2) is 66.2 Å². The maximum Gasteiger partial charge on any atom is 0.335 e. The van der Waals surface area contributed by atoms with Gasteiger partial charge in [0.25, 0.3) is 5.91 Å². The van der Waals surface area contributed by atoms with Gasteiger partial charge < -0.3 is 19.9 Å². The molecular weight excluding hydrogens is 491 g/mol. The molecule has 0 saturated carbocycles. The highest BCUT2D eigenvalue weighted by Crippen LogP contribution is 2.31. The van der Waals surface area contributed by atoms with E-state index in [4.69, 9.17) is 37.8 Å². The molecule has 0 aliphatic carbocycles. The molecular formula is C26H20Cl2N2O5. The highest BCUT2D eigenvalue weighted by molar-refractivity contribution is 6.44. The van der Waals surface area contributed by atoms with E-state index < -0.39 is 11.9 Å². The average Bonchev–Trinajstić information content (AvgIpc) is 2.85. The number of carbonyl (C=O) groups excluding carboxylic acids is 1. The molecule has 0 bridgehead atoms. The Labute approximate surface area is 212 Å². The third-order valence-electron chi connectivity index (χ3n) is 4.74. The minimum Gasteiger partial charge on any atom is -0.490 e. The van der Waals surface area contributed by atoms with Crippen molar-refractivity contribution in [3.8, 4) is 17.6 Å². The first-order valence-electron chi connectivity index (χ1n) is 10.4. The smallest absolute Gasteiger partial charge is 0.335 e. The standard InChI is InChI=1S/C26H20Cl2N2O5/c1-2-34-23-13-17(8-11-22(23)35-15-16-6-9-18(10-7-16)26(32)33)12-19(14-29)25(31)30-21-5-3-4-20(27)24(21)28/h3-13H,2,15H2,1H3,(H,30,31)(H,32,33)/b19-12-. The Morgan fingerprint density at radius 1 is 1.06 bits per heavy atom. The molecule has 9 heteroatoms. The number of anilines is 1. The molecule has 1 amide bonds. The highest BCUT2D eigenvalue weighted by atomic mass is 35.5. The predicted octanol–water partition coefficient (Wildman–Crippen LogP) is 6.21. The van der Waals surface area contributed by atoms with Gasteiger partial charge in [-0.05, 0) is 60.5 Å². The van der Waals surface area contributed by atoms with Gasteiger partial charge in [-0.3, -0.25) is 4.79 Å². The molecule has 0 fully saturated rings. The van der Waals surface area contributed by atoms with Crippen molar-refractivity contribution in [3.63, 3.8) is 0 Å². The molecule has 2 N–H and O–H groups in total. The van der Waals surface area contributed by atoms with Crippen molar-refractivity contribution >= 4 is 46.8 Å². The van der Waals surface area contributed by atoms with E-state index in [-0.39, 0.29) is 27.8 Å². The summed E-state index contributed by atoms with van der Waals surface area (Å²) in [5, 5.41) is 21.6. The summed E-state index contributed by atoms with van der Waals surface area (Å²) in [7, 11) is 0. The van der Waals surface area contributed by atoms with Crippen LogP contribution in [0.25, 0.3) is 6.08 Å². The van der Waals surface area contributed by atoms with Crippen molar-refractivity contribution < 1.29 is 24.2 Å². The lowest BCUT2D eigenvalue weighted by Gasteiger charge is -2.13. The Balaban J connectivity index is 1.78. The number of aromatic carboxylic acids is 1. The van der Waals surface area contributed by atoms with Crippen LogP contribution >= 0.6 is 23.2 Å². The summed E-state index contributed by atoms with van der Waals surface area (Å²) in [6, 6.07) is 18.0. The summed E-state index contributed by atoms with van der Waals surface area (Å²) in [5.41, 5.74) is 1.67. The molecule has 35 heavy (non-hydrogen) atoms. The lowest BCUT2D eigenvalue weighted by molar-refractivity contribution is -0.112. The second kappa shape index (κ2) is 11.9. The second-order valence-electron chi connectivity index (χ2n) is 7.16. The average molecular weight is 511 g/mol. The first-order chi connectivity index (χ1) is 16.8. The van der Waals surface area contributed by atoms with Crippen LogP contribution in [0.4, 0.5) is 5.69 Å². The SMILES string of the molecule is CCOc1cc(/C=C(/C#N)C(=O)Nc2cccc(Cl)c2Cl)ccc1OCc1ccc(C(=O)O)cc1. The summed E-state index contributed by atoms with van der Waals surface area (Å²) in [6.07, 6.45) is 1.42. The Bertz CT molecular complexity index is 1310. The fourth-order valence-corrected chi connectivity index (χ4v) is 3.36. The molecule has 0 spiro atoms. The van der Waals surface area contributed by atoms with Crippen molar-refractivity contribution in [2.75, 3.05) is 11.9 Å². The van der Waals surface area contributed by atoms with E-state index in [1.165, 1.54) is 18.2 Å². The largest absolute Gasteiger partial charge is 0.490 e. The number of amides is 1. The van der Waals surface area contributed by atoms with Gasteiger partial charge >= 0.3 is 5.97 Å². The van der Waals surface area contributed by atoms with Gasteiger partial charge in [-0.25, -0.2) is 4.79 Å². The molecule has 3 aromatic carbocycles. The summed E-state index contributed by atoms with van der Waals surface area (Å²) in [6.45, 7) is 2.39. The Kier molecular flexibility index (Phi) is 8.74. The molecule has 0 aliphatic heterocycles. The number of rotatable bonds is 9. The van der Waals surface area contributed by atoms with E-state index in [1.807, 2.05) is 13.0 Å². The van der Waals surface area contributed by atoms with Gasteiger partial charge in [-0.1, -0.05) is 47.5 Å². The number of nitrogens with one attached hydrogen (secondary N) is 1. The topological polar surface area (TPSA) is 109 Å². The van der Waals surface area contributed by atoms with Crippen molar-refractivity contribution in [1.82, 2.24) is 0 Å². The van der Waals surface area contributed by atoms with E-state index in [0.717, 1.165) is 5.56 Å². The summed E-state index contributed by atoms with van der Waals surface area (Å²) in [5.74, 6) is -0.750. The van der Waals surface area contributed by atoms with Crippen LogP contribution in [0.5, 0.6) is 11.5 Å². The van der Waals surface area contributed by atoms with Crippen LogP contribution in [0.3, 0.4) is 0 Å². The highest BCUT2D eigenvalue weighted by Gasteiger charge is 2.14.